The molecule has 0 spiro atoms. The van der Waals surface area contributed by atoms with Gasteiger partial charge in [-0.15, -0.1) is 0 Å². The first-order chi connectivity index (χ1) is 8.72. The lowest BCUT2D eigenvalue weighted by molar-refractivity contribution is 0.327. The molecule has 18 heavy (non-hydrogen) atoms. The molecule has 2 aromatic rings. The fourth-order valence-electron chi connectivity index (χ4n) is 2.38. The van der Waals surface area contributed by atoms with Gasteiger partial charge >= 0.3 is 0 Å². The van der Waals surface area contributed by atoms with Crippen LogP contribution in [0.25, 0.3) is 5.65 Å². The van der Waals surface area contributed by atoms with Crippen molar-refractivity contribution >= 4 is 21.6 Å². The molecule has 1 fully saturated rings. The molecule has 3 heterocycles. The van der Waals surface area contributed by atoms with Gasteiger partial charge < -0.3 is 0 Å². The van der Waals surface area contributed by atoms with Crippen LogP contribution in [0.5, 0.6) is 0 Å². The van der Waals surface area contributed by atoms with Crippen LogP contribution < -0.4 is 5.56 Å². The third kappa shape index (κ3) is 2.33. The number of hydrogen-bond acceptors (Lipinski definition) is 3. The molecule has 0 saturated carbocycles. The van der Waals surface area contributed by atoms with Crippen LogP contribution >= 0.6 is 15.9 Å². The highest BCUT2D eigenvalue weighted by atomic mass is 79.9. The molecule has 0 bridgehead atoms. The Morgan fingerprint density at radius 1 is 1.28 bits per heavy atom. The quantitative estimate of drug-likeness (QED) is 0.852. The summed E-state index contributed by atoms with van der Waals surface area (Å²) in [5.74, 6) is 0. The highest BCUT2D eigenvalue weighted by Crippen LogP contribution is 2.12. The van der Waals surface area contributed by atoms with E-state index in [4.69, 9.17) is 0 Å². The van der Waals surface area contributed by atoms with E-state index in [0.29, 0.717) is 5.65 Å². The Morgan fingerprint density at radius 2 is 2.06 bits per heavy atom. The van der Waals surface area contributed by atoms with Crippen LogP contribution in [-0.4, -0.2) is 27.4 Å². The highest BCUT2D eigenvalue weighted by Gasteiger charge is 2.13. The average Bonchev–Trinajstić information content (AvgIpc) is 2.83. The second-order valence-electron chi connectivity index (χ2n) is 4.64. The first-order valence-electron chi connectivity index (χ1n) is 6.12. The van der Waals surface area contributed by atoms with Crippen LogP contribution in [-0.2, 0) is 6.54 Å². The van der Waals surface area contributed by atoms with E-state index >= 15 is 0 Å². The Hall–Kier alpha value is -1.20. The van der Waals surface area contributed by atoms with Gasteiger partial charge in [0.2, 0.25) is 0 Å². The predicted octanol–water partition coefficient (Wildman–Crippen LogP) is 2.05. The molecule has 2 aromatic heterocycles. The third-order valence-electron chi connectivity index (χ3n) is 3.26. The maximum atomic E-state index is 12.0. The largest absolute Gasteiger partial charge is 0.298 e. The minimum Gasteiger partial charge on any atom is -0.298 e. The van der Waals surface area contributed by atoms with Crippen LogP contribution in [0.15, 0.2) is 33.7 Å². The van der Waals surface area contributed by atoms with E-state index < -0.39 is 0 Å². The van der Waals surface area contributed by atoms with Crippen molar-refractivity contribution in [3.63, 3.8) is 0 Å². The molecule has 0 radical (unpaired) electrons. The van der Waals surface area contributed by atoms with Gasteiger partial charge in [-0.05, 0) is 54.0 Å². The topological polar surface area (TPSA) is 37.6 Å². The molecule has 0 amide bonds. The number of pyridine rings is 1. The summed E-state index contributed by atoms with van der Waals surface area (Å²) in [4.78, 5) is 18.9. The van der Waals surface area contributed by atoms with Crippen LogP contribution in [0.4, 0.5) is 0 Å². The number of hydrogen-bond donors (Lipinski definition) is 0. The number of fused-ring (bicyclic) bond motifs is 1. The predicted molar refractivity (Wildman–Crippen MR) is 73.7 cm³/mol. The minimum absolute atomic E-state index is 0.0181. The maximum Gasteiger partial charge on any atom is 0.258 e. The van der Waals surface area contributed by atoms with Crippen molar-refractivity contribution in [3.8, 4) is 0 Å². The number of nitrogens with zero attached hydrogens (tertiary/aromatic N) is 3. The van der Waals surface area contributed by atoms with E-state index in [1.54, 1.807) is 16.7 Å². The molecule has 0 aromatic carbocycles. The van der Waals surface area contributed by atoms with Crippen molar-refractivity contribution in [2.75, 3.05) is 13.1 Å². The third-order valence-corrected chi connectivity index (χ3v) is 3.73. The normalized spacial score (nSPS) is 16.5. The molecule has 3 rings (SSSR count). The summed E-state index contributed by atoms with van der Waals surface area (Å²) in [6, 6.07) is 5.40. The summed E-state index contributed by atoms with van der Waals surface area (Å²) in [5, 5.41) is 0. The van der Waals surface area contributed by atoms with Crippen molar-refractivity contribution in [1.82, 2.24) is 14.3 Å². The van der Waals surface area contributed by atoms with Crippen molar-refractivity contribution < 1.29 is 0 Å². The lowest BCUT2D eigenvalue weighted by atomic mass is 10.3. The molecule has 0 aliphatic carbocycles. The molecule has 0 unspecified atom stereocenters. The fraction of sp³-hybridized carbons (Fsp3) is 0.385. The Morgan fingerprint density at radius 3 is 2.83 bits per heavy atom. The van der Waals surface area contributed by atoms with E-state index in [2.05, 4.69) is 25.8 Å². The Kier molecular flexibility index (Phi) is 3.18. The Bertz CT molecular complexity index is 632. The van der Waals surface area contributed by atoms with Gasteiger partial charge in [-0.3, -0.25) is 14.1 Å². The molecular weight excluding hydrogens is 294 g/mol. The molecular formula is C13H14BrN3O. The van der Waals surface area contributed by atoms with Crippen LogP contribution in [0.1, 0.15) is 18.5 Å². The molecule has 94 valence electrons. The van der Waals surface area contributed by atoms with Gasteiger partial charge in [-0.1, -0.05) is 0 Å². The van der Waals surface area contributed by atoms with E-state index in [1.165, 1.54) is 12.8 Å². The van der Waals surface area contributed by atoms with Gasteiger partial charge in [0.15, 0.2) is 0 Å². The first kappa shape index (κ1) is 11.9. The molecule has 1 saturated heterocycles. The second kappa shape index (κ2) is 4.82. The fourth-order valence-corrected chi connectivity index (χ4v) is 2.71. The monoisotopic (exact) mass is 307 g/mol. The van der Waals surface area contributed by atoms with Gasteiger partial charge in [0.25, 0.3) is 5.56 Å². The molecule has 1 aliphatic heterocycles. The summed E-state index contributed by atoms with van der Waals surface area (Å²) in [5.41, 5.74) is 1.56. The molecule has 4 nitrogen and oxygen atoms in total. The van der Waals surface area contributed by atoms with Crippen molar-refractivity contribution in [2.24, 2.45) is 0 Å². The number of likely N-dealkylation sites (tertiary alicyclic amines) is 1. The van der Waals surface area contributed by atoms with E-state index in [0.717, 1.165) is 29.8 Å². The molecule has 0 atom stereocenters. The number of rotatable bonds is 2. The lowest BCUT2D eigenvalue weighted by Crippen LogP contribution is -2.22. The molecule has 1 aliphatic rings. The van der Waals surface area contributed by atoms with Crippen molar-refractivity contribution in [3.05, 3.63) is 44.9 Å². The Labute approximate surface area is 113 Å². The van der Waals surface area contributed by atoms with Crippen LogP contribution in [0.3, 0.4) is 0 Å². The van der Waals surface area contributed by atoms with E-state index in [-0.39, 0.29) is 5.56 Å². The second-order valence-corrected chi connectivity index (χ2v) is 5.56. The van der Waals surface area contributed by atoms with E-state index in [9.17, 15) is 4.79 Å². The number of halogens is 1. The summed E-state index contributed by atoms with van der Waals surface area (Å²) < 4.78 is 2.45. The average molecular weight is 308 g/mol. The maximum absolute atomic E-state index is 12.0. The van der Waals surface area contributed by atoms with Gasteiger partial charge in [-0.2, -0.15) is 0 Å². The van der Waals surface area contributed by atoms with Gasteiger partial charge in [0.1, 0.15) is 5.65 Å². The smallest absolute Gasteiger partial charge is 0.258 e. The summed E-state index contributed by atoms with van der Waals surface area (Å²) in [6.07, 6.45) is 4.25. The summed E-state index contributed by atoms with van der Waals surface area (Å²) in [6.45, 7) is 3.00. The van der Waals surface area contributed by atoms with Gasteiger partial charge in [0.05, 0.1) is 5.69 Å². The zero-order valence-corrected chi connectivity index (χ0v) is 11.6. The molecule has 0 N–H and O–H groups in total. The SMILES string of the molecule is O=c1cc(CN2CCCC2)nc2ccc(Br)cn12. The van der Waals surface area contributed by atoms with E-state index in [1.807, 2.05) is 12.1 Å². The number of aromatic nitrogens is 2. The Balaban J connectivity index is 1.99. The first-order valence-corrected chi connectivity index (χ1v) is 6.92. The summed E-state index contributed by atoms with van der Waals surface area (Å²) in [7, 11) is 0. The zero-order valence-electron chi connectivity index (χ0n) is 9.97. The zero-order chi connectivity index (χ0) is 12.5. The lowest BCUT2D eigenvalue weighted by Gasteiger charge is -2.13. The van der Waals surface area contributed by atoms with Crippen LogP contribution in [0.2, 0.25) is 0 Å². The highest BCUT2D eigenvalue weighted by molar-refractivity contribution is 9.10. The minimum atomic E-state index is -0.0181. The molecule has 5 heteroatoms. The van der Waals surface area contributed by atoms with Gasteiger partial charge in [-0.25, -0.2) is 4.98 Å². The van der Waals surface area contributed by atoms with Crippen molar-refractivity contribution in [1.29, 1.82) is 0 Å². The van der Waals surface area contributed by atoms with Gasteiger partial charge in [0, 0.05) is 23.3 Å². The van der Waals surface area contributed by atoms with Crippen LogP contribution in [0, 0.1) is 0 Å². The van der Waals surface area contributed by atoms with Crippen molar-refractivity contribution in [2.45, 2.75) is 19.4 Å². The summed E-state index contributed by atoms with van der Waals surface area (Å²) >= 11 is 3.36. The standard InChI is InChI=1S/C13H14BrN3O/c14-10-3-4-12-15-11(7-13(18)17(12)8-10)9-16-5-1-2-6-16/h3-4,7-8H,1-2,5-6,9H2.